The number of nitrogens with one attached hydrogen (secondary N) is 1. The lowest BCUT2D eigenvalue weighted by Gasteiger charge is -2.17. The molecule has 2 amide bonds. The molecule has 0 aromatic heterocycles. The van der Waals surface area contributed by atoms with Gasteiger partial charge < -0.3 is 4.90 Å². The number of hydrazine groups is 1. The van der Waals surface area contributed by atoms with Gasteiger partial charge in [-0.25, -0.2) is 5.84 Å². The number of rotatable bonds is 3. The van der Waals surface area contributed by atoms with Crippen molar-refractivity contribution in [2.24, 2.45) is 11.8 Å². The van der Waals surface area contributed by atoms with Crippen molar-refractivity contribution in [3.8, 4) is 0 Å². The number of amides is 2. The van der Waals surface area contributed by atoms with Crippen LogP contribution in [0.2, 0.25) is 0 Å². The highest BCUT2D eigenvalue weighted by atomic mass is 35.5. The molecule has 1 aromatic carbocycles. The fourth-order valence-corrected chi connectivity index (χ4v) is 2.24. The molecule has 1 saturated heterocycles. The van der Waals surface area contributed by atoms with Crippen molar-refractivity contribution in [2.75, 3.05) is 17.3 Å². The first-order chi connectivity index (χ1) is 8.65. The molecule has 18 heavy (non-hydrogen) atoms. The van der Waals surface area contributed by atoms with Crippen molar-refractivity contribution in [2.45, 2.75) is 6.42 Å². The van der Waals surface area contributed by atoms with Crippen LogP contribution >= 0.6 is 11.6 Å². The summed E-state index contributed by atoms with van der Waals surface area (Å²) >= 11 is 5.77. The molecule has 6 heteroatoms. The average molecular weight is 268 g/mol. The van der Waals surface area contributed by atoms with Crippen LogP contribution in [-0.4, -0.2) is 24.2 Å². The largest absolute Gasteiger partial charge is 0.312 e. The summed E-state index contributed by atoms with van der Waals surface area (Å²) in [7, 11) is 0. The maximum Gasteiger partial charge on any atom is 0.265 e. The summed E-state index contributed by atoms with van der Waals surface area (Å²) in [4.78, 5) is 24.9. The molecule has 5 nitrogen and oxygen atoms in total. The Kier molecular flexibility index (Phi) is 3.84. The van der Waals surface area contributed by atoms with E-state index in [9.17, 15) is 9.59 Å². The minimum Gasteiger partial charge on any atom is -0.312 e. The lowest BCUT2D eigenvalue weighted by molar-refractivity contribution is -0.117. The molecule has 1 atom stereocenters. The van der Waals surface area contributed by atoms with Gasteiger partial charge in [0.2, 0.25) is 5.91 Å². The van der Waals surface area contributed by atoms with Gasteiger partial charge in [-0.15, -0.1) is 11.6 Å². The summed E-state index contributed by atoms with van der Waals surface area (Å²) in [6, 6.07) is 6.81. The molecule has 96 valence electrons. The summed E-state index contributed by atoms with van der Waals surface area (Å²) in [5.41, 5.74) is 3.20. The molecule has 1 heterocycles. The first-order valence-corrected chi connectivity index (χ1v) is 6.16. The van der Waals surface area contributed by atoms with Crippen LogP contribution in [0.4, 0.5) is 5.69 Å². The quantitative estimate of drug-likeness (QED) is 0.369. The monoisotopic (exact) mass is 267 g/mol. The molecular formula is C12H14ClN3O2. The van der Waals surface area contributed by atoms with Crippen molar-refractivity contribution in [3.63, 3.8) is 0 Å². The Labute approximate surface area is 110 Å². The summed E-state index contributed by atoms with van der Waals surface area (Å²) < 4.78 is 0. The molecule has 1 fully saturated rings. The number of benzene rings is 1. The van der Waals surface area contributed by atoms with Crippen LogP contribution in [-0.2, 0) is 4.79 Å². The first-order valence-electron chi connectivity index (χ1n) is 5.63. The molecule has 1 unspecified atom stereocenters. The van der Waals surface area contributed by atoms with Crippen molar-refractivity contribution in [1.29, 1.82) is 0 Å². The van der Waals surface area contributed by atoms with Crippen LogP contribution in [0.3, 0.4) is 0 Å². The third-order valence-electron chi connectivity index (χ3n) is 2.97. The fourth-order valence-electron chi connectivity index (χ4n) is 2.03. The Hall–Kier alpha value is -1.59. The van der Waals surface area contributed by atoms with Crippen LogP contribution in [0.5, 0.6) is 0 Å². The van der Waals surface area contributed by atoms with Gasteiger partial charge >= 0.3 is 0 Å². The molecule has 0 aliphatic carbocycles. The van der Waals surface area contributed by atoms with E-state index in [4.69, 9.17) is 17.4 Å². The van der Waals surface area contributed by atoms with Crippen LogP contribution in [0.1, 0.15) is 16.8 Å². The number of nitrogen functional groups attached to an aromatic ring is 1. The predicted molar refractivity (Wildman–Crippen MR) is 69.3 cm³/mol. The van der Waals surface area contributed by atoms with Crippen LogP contribution in [0.15, 0.2) is 24.3 Å². The smallest absolute Gasteiger partial charge is 0.265 e. The summed E-state index contributed by atoms with van der Waals surface area (Å²) in [5, 5.41) is 0. The van der Waals surface area contributed by atoms with Crippen LogP contribution in [0, 0.1) is 5.92 Å². The highest BCUT2D eigenvalue weighted by molar-refractivity contribution is 6.18. The number of nitrogens with zero attached hydrogens (tertiary/aromatic N) is 1. The molecular weight excluding hydrogens is 254 g/mol. The summed E-state index contributed by atoms with van der Waals surface area (Å²) in [5.74, 6) is 5.37. The van der Waals surface area contributed by atoms with E-state index in [0.29, 0.717) is 30.1 Å². The molecule has 1 aliphatic rings. The lowest BCUT2D eigenvalue weighted by Crippen LogP contribution is -2.30. The number of alkyl halides is 1. The molecule has 0 bridgehead atoms. The fraction of sp³-hybridized carbons (Fsp3) is 0.333. The van der Waals surface area contributed by atoms with Crippen molar-refractivity contribution in [3.05, 3.63) is 29.8 Å². The number of carbonyl (C=O) groups excluding carboxylic acids is 2. The second-order valence-corrected chi connectivity index (χ2v) is 4.56. The van der Waals surface area contributed by atoms with Gasteiger partial charge in [0, 0.05) is 30.1 Å². The van der Waals surface area contributed by atoms with Gasteiger partial charge in [-0.1, -0.05) is 6.07 Å². The number of anilines is 1. The Bertz CT molecular complexity index is 478. The van der Waals surface area contributed by atoms with E-state index in [-0.39, 0.29) is 17.7 Å². The van der Waals surface area contributed by atoms with E-state index in [0.717, 1.165) is 0 Å². The molecule has 1 aliphatic heterocycles. The molecule has 0 spiro atoms. The topological polar surface area (TPSA) is 75.4 Å². The van der Waals surface area contributed by atoms with E-state index in [2.05, 4.69) is 5.43 Å². The van der Waals surface area contributed by atoms with E-state index >= 15 is 0 Å². The van der Waals surface area contributed by atoms with Gasteiger partial charge in [0.15, 0.2) is 0 Å². The zero-order chi connectivity index (χ0) is 13.1. The van der Waals surface area contributed by atoms with Gasteiger partial charge in [0.25, 0.3) is 5.91 Å². The highest BCUT2D eigenvalue weighted by Gasteiger charge is 2.30. The van der Waals surface area contributed by atoms with Crippen molar-refractivity contribution >= 4 is 29.1 Å². The predicted octanol–water partition coefficient (Wildman–Crippen LogP) is 0.882. The standard InChI is InChI=1S/C12H14ClN3O2/c13-6-8-4-11(17)16(7-8)10-3-1-2-9(5-10)12(18)15-14/h1-3,5,8H,4,6-7,14H2,(H,15,18). The Morgan fingerprint density at radius 1 is 1.56 bits per heavy atom. The summed E-state index contributed by atoms with van der Waals surface area (Å²) in [6.07, 6.45) is 0.455. The minimum absolute atomic E-state index is 0.0333. The van der Waals surface area contributed by atoms with Gasteiger partial charge in [0.05, 0.1) is 0 Å². The second-order valence-electron chi connectivity index (χ2n) is 4.25. The van der Waals surface area contributed by atoms with E-state index in [1.165, 1.54) is 0 Å². The molecule has 1 aromatic rings. The van der Waals surface area contributed by atoms with Crippen LogP contribution < -0.4 is 16.2 Å². The molecule has 0 radical (unpaired) electrons. The summed E-state index contributed by atoms with van der Waals surface area (Å²) in [6.45, 7) is 0.593. The molecule has 0 saturated carbocycles. The van der Waals surface area contributed by atoms with Gasteiger partial charge in [-0.05, 0) is 24.1 Å². The Balaban J connectivity index is 2.24. The van der Waals surface area contributed by atoms with Gasteiger partial charge in [-0.2, -0.15) is 0 Å². The third-order valence-corrected chi connectivity index (χ3v) is 3.41. The Morgan fingerprint density at radius 2 is 2.33 bits per heavy atom. The zero-order valence-corrected chi connectivity index (χ0v) is 10.5. The van der Waals surface area contributed by atoms with Crippen molar-refractivity contribution < 1.29 is 9.59 Å². The second kappa shape index (κ2) is 5.37. The number of halogens is 1. The maximum atomic E-state index is 11.8. The van der Waals surface area contributed by atoms with Crippen LogP contribution in [0.25, 0.3) is 0 Å². The highest BCUT2D eigenvalue weighted by Crippen LogP contribution is 2.26. The maximum absolute atomic E-state index is 11.8. The van der Waals surface area contributed by atoms with E-state index < -0.39 is 0 Å². The molecule has 2 rings (SSSR count). The SMILES string of the molecule is NNC(=O)c1cccc(N2CC(CCl)CC2=O)c1. The third kappa shape index (κ3) is 2.47. The minimum atomic E-state index is -0.377. The first kappa shape index (κ1) is 12.9. The number of nitrogens with two attached hydrogens (primary N) is 1. The van der Waals surface area contributed by atoms with E-state index in [1.54, 1.807) is 29.2 Å². The lowest BCUT2D eigenvalue weighted by atomic mass is 10.1. The zero-order valence-electron chi connectivity index (χ0n) is 9.73. The molecule has 3 N–H and O–H groups in total. The van der Waals surface area contributed by atoms with Gasteiger partial charge in [0.1, 0.15) is 0 Å². The number of carbonyl (C=O) groups is 2. The number of hydrogen-bond acceptors (Lipinski definition) is 3. The number of hydrogen-bond donors (Lipinski definition) is 2. The Morgan fingerprint density at radius 3 is 2.94 bits per heavy atom. The van der Waals surface area contributed by atoms with Gasteiger partial charge in [-0.3, -0.25) is 15.0 Å². The normalized spacial score (nSPS) is 19.1. The van der Waals surface area contributed by atoms with E-state index in [1.807, 2.05) is 0 Å². The van der Waals surface area contributed by atoms with Crippen molar-refractivity contribution in [1.82, 2.24) is 5.43 Å². The average Bonchev–Trinajstić information content (AvgIpc) is 2.79.